The van der Waals surface area contributed by atoms with Gasteiger partial charge < -0.3 is 14.2 Å². The second kappa shape index (κ2) is 8.76. The number of methoxy groups -OCH3 is 2. The van der Waals surface area contributed by atoms with Gasteiger partial charge in [-0.25, -0.2) is 4.79 Å². The molecule has 0 heterocycles. The Bertz CT molecular complexity index is 453. The van der Waals surface area contributed by atoms with Crippen molar-refractivity contribution in [3.05, 3.63) is 46.1 Å². The second-order valence-electron chi connectivity index (χ2n) is 4.05. The lowest BCUT2D eigenvalue weighted by Gasteiger charge is -2.17. The first-order valence-corrected chi connectivity index (χ1v) is 7.09. The van der Waals surface area contributed by atoms with E-state index in [4.69, 9.17) is 14.2 Å². The Hall–Kier alpha value is -1.33. The van der Waals surface area contributed by atoms with Crippen molar-refractivity contribution in [2.75, 3.05) is 20.8 Å². The summed E-state index contributed by atoms with van der Waals surface area (Å²) >= 11 is 3.39. The Morgan fingerprint density at radius 2 is 1.95 bits per heavy atom. The molecule has 20 heavy (non-hydrogen) atoms. The monoisotopic (exact) mass is 342 g/mol. The average molecular weight is 343 g/mol. The molecule has 1 aromatic rings. The Labute approximate surface area is 127 Å². The van der Waals surface area contributed by atoms with Crippen LogP contribution in [0.1, 0.15) is 25.0 Å². The van der Waals surface area contributed by atoms with Gasteiger partial charge in [0.05, 0.1) is 25.9 Å². The van der Waals surface area contributed by atoms with E-state index in [0.717, 1.165) is 10.0 Å². The molecule has 0 fully saturated rings. The van der Waals surface area contributed by atoms with Gasteiger partial charge in [0.25, 0.3) is 0 Å². The third-order valence-corrected chi connectivity index (χ3v) is 3.27. The maximum atomic E-state index is 11.4. The molecule has 0 amide bonds. The van der Waals surface area contributed by atoms with Crippen LogP contribution >= 0.6 is 15.9 Å². The summed E-state index contributed by atoms with van der Waals surface area (Å²) in [4.78, 5) is 11.4. The van der Waals surface area contributed by atoms with Crippen molar-refractivity contribution in [1.29, 1.82) is 0 Å². The number of carbonyl (C=O) groups is 1. The van der Waals surface area contributed by atoms with E-state index in [-0.39, 0.29) is 6.10 Å². The summed E-state index contributed by atoms with van der Waals surface area (Å²) in [6, 6.07) is 7.83. The Morgan fingerprint density at radius 1 is 1.30 bits per heavy atom. The first-order chi connectivity index (χ1) is 9.60. The van der Waals surface area contributed by atoms with E-state index in [0.29, 0.717) is 18.8 Å². The highest BCUT2D eigenvalue weighted by Gasteiger charge is 2.14. The van der Waals surface area contributed by atoms with Gasteiger partial charge in [-0.15, -0.1) is 0 Å². The van der Waals surface area contributed by atoms with Crippen molar-refractivity contribution >= 4 is 21.9 Å². The van der Waals surface area contributed by atoms with Gasteiger partial charge in [-0.1, -0.05) is 28.1 Å². The molecule has 0 aromatic heterocycles. The molecule has 0 aliphatic carbocycles. The van der Waals surface area contributed by atoms with Gasteiger partial charge in [0, 0.05) is 18.0 Å². The van der Waals surface area contributed by atoms with Gasteiger partial charge in [0.15, 0.2) is 0 Å². The normalized spacial score (nSPS) is 12.9. The molecule has 1 aromatic carbocycles. The first-order valence-electron chi connectivity index (χ1n) is 6.30. The SMILES string of the molecule is CCOC(=O)/C=C(/CC(OC)c1ccc(Br)cc1)OC. The average Bonchev–Trinajstić information content (AvgIpc) is 2.44. The van der Waals surface area contributed by atoms with Gasteiger partial charge in [0.1, 0.15) is 5.76 Å². The fourth-order valence-electron chi connectivity index (χ4n) is 1.71. The fraction of sp³-hybridized carbons (Fsp3) is 0.400. The summed E-state index contributed by atoms with van der Waals surface area (Å²) in [5, 5.41) is 0. The predicted octanol–water partition coefficient (Wildman–Crippen LogP) is 3.62. The van der Waals surface area contributed by atoms with E-state index >= 15 is 0 Å². The molecule has 4 nitrogen and oxygen atoms in total. The number of benzene rings is 1. The number of carbonyl (C=O) groups excluding carboxylic acids is 1. The minimum atomic E-state index is -0.407. The van der Waals surface area contributed by atoms with Crippen LogP contribution in [0.25, 0.3) is 0 Å². The van der Waals surface area contributed by atoms with Crippen LogP contribution < -0.4 is 0 Å². The summed E-state index contributed by atoms with van der Waals surface area (Å²) in [6.45, 7) is 2.10. The van der Waals surface area contributed by atoms with Gasteiger partial charge in [-0.05, 0) is 24.6 Å². The van der Waals surface area contributed by atoms with Crippen LogP contribution in [0.3, 0.4) is 0 Å². The molecule has 1 atom stereocenters. The summed E-state index contributed by atoms with van der Waals surface area (Å²) in [7, 11) is 3.16. The molecule has 110 valence electrons. The highest BCUT2D eigenvalue weighted by molar-refractivity contribution is 9.10. The van der Waals surface area contributed by atoms with Crippen molar-refractivity contribution in [3.8, 4) is 0 Å². The minimum absolute atomic E-state index is 0.177. The summed E-state index contributed by atoms with van der Waals surface area (Å²) < 4.78 is 16.6. The fourth-order valence-corrected chi connectivity index (χ4v) is 1.98. The van der Waals surface area contributed by atoms with Gasteiger partial charge >= 0.3 is 5.97 Å². The van der Waals surface area contributed by atoms with Crippen molar-refractivity contribution in [2.24, 2.45) is 0 Å². The van der Waals surface area contributed by atoms with Crippen LogP contribution in [0.4, 0.5) is 0 Å². The van der Waals surface area contributed by atoms with E-state index in [2.05, 4.69) is 15.9 Å². The summed E-state index contributed by atoms with van der Waals surface area (Å²) in [6.07, 6.45) is 1.64. The number of hydrogen-bond acceptors (Lipinski definition) is 4. The van der Waals surface area contributed by atoms with Crippen LogP contribution in [-0.4, -0.2) is 26.8 Å². The van der Waals surface area contributed by atoms with Crippen LogP contribution in [-0.2, 0) is 19.0 Å². The maximum Gasteiger partial charge on any atom is 0.334 e. The molecule has 0 aliphatic heterocycles. The minimum Gasteiger partial charge on any atom is -0.501 e. The molecule has 0 saturated carbocycles. The van der Waals surface area contributed by atoms with E-state index in [1.54, 1.807) is 14.0 Å². The second-order valence-corrected chi connectivity index (χ2v) is 4.96. The predicted molar refractivity (Wildman–Crippen MR) is 80.2 cm³/mol. The molecule has 1 unspecified atom stereocenters. The lowest BCUT2D eigenvalue weighted by Crippen LogP contribution is -2.07. The molecule has 0 N–H and O–H groups in total. The van der Waals surface area contributed by atoms with Gasteiger partial charge in [0.2, 0.25) is 0 Å². The Morgan fingerprint density at radius 3 is 2.45 bits per heavy atom. The smallest absolute Gasteiger partial charge is 0.334 e. The number of esters is 1. The Kier molecular flexibility index (Phi) is 7.33. The zero-order valence-electron chi connectivity index (χ0n) is 11.9. The highest BCUT2D eigenvalue weighted by atomic mass is 79.9. The number of ether oxygens (including phenoxy) is 3. The van der Waals surface area contributed by atoms with E-state index in [9.17, 15) is 4.79 Å². The van der Waals surface area contributed by atoms with Crippen molar-refractivity contribution in [3.63, 3.8) is 0 Å². The summed E-state index contributed by atoms with van der Waals surface area (Å²) in [5.74, 6) is 0.119. The zero-order chi connectivity index (χ0) is 15.0. The van der Waals surface area contributed by atoms with Crippen LogP contribution in [0.5, 0.6) is 0 Å². The number of halogens is 1. The third kappa shape index (κ3) is 5.35. The van der Waals surface area contributed by atoms with E-state index < -0.39 is 5.97 Å². The molecule has 0 spiro atoms. The molecule has 5 heteroatoms. The van der Waals surface area contributed by atoms with Crippen LogP contribution in [0, 0.1) is 0 Å². The van der Waals surface area contributed by atoms with Gasteiger partial charge in [-0.3, -0.25) is 0 Å². The zero-order valence-corrected chi connectivity index (χ0v) is 13.5. The topological polar surface area (TPSA) is 44.8 Å². The van der Waals surface area contributed by atoms with Crippen LogP contribution in [0.2, 0.25) is 0 Å². The molecule has 0 bridgehead atoms. The lowest BCUT2D eigenvalue weighted by atomic mass is 10.1. The number of rotatable bonds is 7. The van der Waals surface area contributed by atoms with Crippen molar-refractivity contribution in [2.45, 2.75) is 19.4 Å². The van der Waals surface area contributed by atoms with Crippen molar-refractivity contribution < 1.29 is 19.0 Å². The number of hydrogen-bond donors (Lipinski definition) is 0. The molecular weight excluding hydrogens is 324 g/mol. The van der Waals surface area contributed by atoms with E-state index in [1.807, 2.05) is 24.3 Å². The molecule has 1 rings (SSSR count). The molecule has 0 saturated heterocycles. The molecular formula is C15H19BrO4. The highest BCUT2D eigenvalue weighted by Crippen LogP contribution is 2.26. The maximum absolute atomic E-state index is 11.4. The summed E-state index contributed by atoms with van der Waals surface area (Å²) in [5.41, 5.74) is 1.02. The van der Waals surface area contributed by atoms with Crippen LogP contribution in [0.15, 0.2) is 40.6 Å². The molecule has 0 aliphatic rings. The quantitative estimate of drug-likeness (QED) is 0.431. The van der Waals surface area contributed by atoms with Crippen molar-refractivity contribution in [1.82, 2.24) is 0 Å². The Balaban J connectivity index is 2.80. The first kappa shape index (κ1) is 16.7. The standard InChI is InChI=1S/C15H19BrO4/c1-4-20-15(17)10-13(18-2)9-14(19-3)11-5-7-12(16)8-6-11/h5-8,10,14H,4,9H2,1-3H3/b13-10-. The largest absolute Gasteiger partial charge is 0.501 e. The third-order valence-electron chi connectivity index (χ3n) is 2.74. The van der Waals surface area contributed by atoms with E-state index in [1.165, 1.54) is 13.2 Å². The lowest BCUT2D eigenvalue weighted by molar-refractivity contribution is -0.137. The van der Waals surface area contributed by atoms with Gasteiger partial charge in [-0.2, -0.15) is 0 Å². The molecule has 0 radical (unpaired) electrons.